The molecule has 0 radical (unpaired) electrons. The highest BCUT2D eigenvalue weighted by Gasteiger charge is 2.25. The van der Waals surface area contributed by atoms with Crippen molar-refractivity contribution in [3.05, 3.63) is 0 Å². The molecular weight excluding hydrogens is 266 g/mol. The minimum Gasteiger partial charge on any atom is -0.226 e. The molecule has 0 unspecified atom stereocenters. The Bertz CT molecular complexity index is 457. The molecule has 0 amide bonds. The minimum absolute atomic E-state index is 0.116. The quantitative estimate of drug-likeness (QED) is 0.477. The van der Waals surface area contributed by atoms with Crippen LogP contribution in [0.25, 0.3) is 0 Å². The predicted octanol–water partition coefficient (Wildman–Crippen LogP) is -0.208. The number of nitrogens with zero attached hydrogens (tertiary/aromatic N) is 3. The maximum atomic E-state index is 11.2. The maximum Gasteiger partial charge on any atom is 0.224 e. The lowest BCUT2D eigenvalue weighted by atomic mass is 10.4. The van der Waals surface area contributed by atoms with E-state index in [0.29, 0.717) is 16.7 Å². The van der Waals surface area contributed by atoms with E-state index in [-0.39, 0.29) is 13.1 Å². The van der Waals surface area contributed by atoms with Gasteiger partial charge in [-0.05, 0) is 13.3 Å². The molecule has 0 fully saturated rings. The molecule has 0 aromatic carbocycles. The predicted molar refractivity (Wildman–Crippen MR) is 66.3 cm³/mol. The summed E-state index contributed by atoms with van der Waals surface area (Å²) < 4.78 is 45.4. The third-order valence-electron chi connectivity index (χ3n) is 1.65. The molecule has 0 aliphatic heterocycles. The van der Waals surface area contributed by atoms with Crippen LogP contribution in [-0.4, -0.2) is 58.7 Å². The van der Waals surface area contributed by atoms with Crippen LogP contribution in [0.5, 0.6) is 0 Å². The summed E-state index contributed by atoms with van der Waals surface area (Å²) in [6.07, 6.45) is 2.01. The van der Waals surface area contributed by atoms with Crippen LogP contribution in [0.15, 0.2) is 9.98 Å². The van der Waals surface area contributed by atoms with Crippen molar-refractivity contribution in [3.8, 4) is 0 Å². The van der Waals surface area contributed by atoms with E-state index in [2.05, 4.69) is 16.0 Å². The van der Waals surface area contributed by atoms with Gasteiger partial charge < -0.3 is 0 Å². The van der Waals surface area contributed by atoms with Crippen molar-refractivity contribution in [1.82, 2.24) is 3.71 Å². The van der Waals surface area contributed by atoms with Gasteiger partial charge in [-0.2, -0.15) is 0 Å². The lowest BCUT2D eigenvalue weighted by Crippen LogP contribution is -2.36. The lowest BCUT2D eigenvalue weighted by Gasteiger charge is -2.16. The fraction of sp³-hybridized carbons (Fsp3) is 0.875. The van der Waals surface area contributed by atoms with E-state index in [0.717, 1.165) is 12.5 Å². The van der Waals surface area contributed by atoms with E-state index in [4.69, 9.17) is 0 Å². The summed E-state index contributed by atoms with van der Waals surface area (Å²) in [4.78, 5) is 7.48. The van der Waals surface area contributed by atoms with E-state index < -0.39 is 20.0 Å². The van der Waals surface area contributed by atoms with Gasteiger partial charge in [0, 0.05) is 13.1 Å². The molecule has 17 heavy (non-hydrogen) atoms. The summed E-state index contributed by atoms with van der Waals surface area (Å²) >= 11 is 0. The topological polar surface area (TPSA) is 96.2 Å². The van der Waals surface area contributed by atoms with Crippen LogP contribution in [0, 0.1) is 0 Å². The van der Waals surface area contributed by atoms with E-state index >= 15 is 0 Å². The first-order chi connectivity index (χ1) is 7.69. The summed E-state index contributed by atoms with van der Waals surface area (Å²) in [6, 6.07) is 2.42. The Labute approximate surface area is 102 Å². The second-order valence-electron chi connectivity index (χ2n) is 3.33. The van der Waals surface area contributed by atoms with Gasteiger partial charge in [0.1, 0.15) is 0 Å². The van der Waals surface area contributed by atoms with Crippen LogP contribution in [0.4, 0.5) is 0 Å². The SMILES string of the molecule is CCN=C=NCCCN(S(C)(=O)=O)S(C)(=O)=O. The van der Waals surface area contributed by atoms with Gasteiger partial charge in [0.25, 0.3) is 0 Å². The van der Waals surface area contributed by atoms with E-state index in [1.165, 1.54) is 0 Å². The Morgan fingerprint density at radius 3 is 2.00 bits per heavy atom. The summed E-state index contributed by atoms with van der Waals surface area (Å²) in [5.41, 5.74) is 0. The highest BCUT2D eigenvalue weighted by molar-refractivity contribution is 8.03. The van der Waals surface area contributed by atoms with Crippen molar-refractivity contribution >= 4 is 26.1 Å². The Hall–Kier alpha value is -0.760. The Balaban J connectivity index is 4.47. The van der Waals surface area contributed by atoms with Crippen LogP contribution < -0.4 is 0 Å². The van der Waals surface area contributed by atoms with Crippen LogP contribution in [0.3, 0.4) is 0 Å². The Morgan fingerprint density at radius 2 is 1.59 bits per heavy atom. The molecule has 0 heterocycles. The third kappa shape index (κ3) is 7.22. The van der Waals surface area contributed by atoms with Crippen LogP contribution >= 0.6 is 0 Å². The van der Waals surface area contributed by atoms with E-state index in [9.17, 15) is 16.8 Å². The van der Waals surface area contributed by atoms with Crippen LogP contribution in [0.1, 0.15) is 13.3 Å². The molecule has 0 aliphatic carbocycles. The molecular formula is C8H17N3O4S2. The Kier molecular flexibility index (Phi) is 6.54. The molecule has 0 spiro atoms. The molecule has 0 aromatic heterocycles. The van der Waals surface area contributed by atoms with Gasteiger partial charge in [0.05, 0.1) is 25.1 Å². The summed E-state index contributed by atoms with van der Waals surface area (Å²) in [7, 11) is -7.52. The lowest BCUT2D eigenvalue weighted by molar-refractivity contribution is 0.500. The Morgan fingerprint density at radius 1 is 1.06 bits per heavy atom. The van der Waals surface area contributed by atoms with Gasteiger partial charge in [-0.3, -0.25) is 0 Å². The van der Waals surface area contributed by atoms with Crippen molar-refractivity contribution in [2.24, 2.45) is 9.98 Å². The van der Waals surface area contributed by atoms with Crippen molar-refractivity contribution in [2.45, 2.75) is 13.3 Å². The average molecular weight is 283 g/mol. The van der Waals surface area contributed by atoms with Crippen LogP contribution in [-0.2, 0) is 20.0 Å². The number of rotatable bonds is 7. The molecule has 0 atom stereocenters. The van der Waals surface area contributed by atoms with Crippen molar-refractivity contribution < 1.29 is 16.8 Å². The standard InChI is InChI=1S/C8H17N3O4S2/c1-4-9-8-10-6-5-7-11(16(2,12)13)17(3,14)15/h4-7H2,1-3H3. The summed E-state index contributed by atoms with van der Waals surface area (Å²) in [6.45, 7) is 2.57. The fourth-order valence-electron chi connectivity index (χ4n) is 1.03. The van der Waals surface area contributed by atoms with Crippen molar-refractivity contribution in [3.63, 3.8) is 0 Å². The van der Waals surface area contributed by atoms with Gasteiger partial charge >= 0.3 is 0 Å². The fourth-order valence-corrected chi connectivity index (χ4v) is 3.92. The van der Waals surface area contributed by atoms with Gasteiger partial charge in [0.15, 0.2) is 0 Å². The highest BCUT2D eigenvalue weighted by atomic mass is 32.3. The second kappa shape index (κ2) is 6.85. The number of aliphatic imine (C=N–C) groups is 2. The molecule has 7 nitrogen and oxygen atoms in total. The van der Waals surface area contributed by atoms with E-state index in [1.807, 2.05) is 6.92 Å². The first-order valence-corrected chi connectivity index (χ1v) is 8.65. The van der Waals surface area contributed by atoms with Crippen LogP contribution in [0.2, 0.25) is 0 Å². The summed E-state index contributed by atoms with van der Waals surface area (Å²) in [5.74, 6) is 0. The van der Waals surface area contributed by atoms with Gasteiger partial charge in [-0.1, -0.05) is 3.71 Å². The molecule has 0 saturated heterocycles. The molecule has 100 valence electrons. The second-order valence-corrected chi connectivity index (χ2v) is 7.38. The smallest absolute Gasteiger partial charge is 0.224 e. The molecule has 0 N–H and O–H groups in total. The third-order valence-corrected chi connectivity index (χ3v) is 5.12. The molecule has 0 aromatic rings. The minimum atomic E-state index is -3.76. The molecule has 0 rings (SSSR count). The summed E-state index contributed by atoms with van der Waals surface area (Å²) in [5, 5.41) is 0. The maximum absolute atomic E-state index is 11.2. The van der Waals surface area contributed by atoms with Gasteiger partial charge in [0.2, 0.25) is 20.0 Å². The van der Waals surface area contributed by atoms with Gasteiger partial charge in [-0.15, -0.1) is 0 Å². The highest BCUT2D eigenvalue weighted by Crippen LogP contribution is 2.05. The van der Waals surface area contributed by atoms with E-state index in [1.54, 1.807) is 0 Å². The zero-order chi connectivity index (χ0) is 13.5. The van der Waals surface area contributed by atoms with Crippen molar-refractivity contribution in [1.29, 1.82) is 0 Å². The zero-order valence-electron chi connectivity index (χ0n) is 10.1. The molecule has 0 aliphatic rings. The zero-order valence-corrected chi connectivity index (χ0v) is 11.8. The number of hydrogen-bond donors (Lipinski definition) is 0. The largest absolute Gasteiger partial charge is 0.226 e. The molecule has 0 saturated carbocycles. The molecule has 9 heteroatoms. The monoisotopic (exact) mass is 283 g/mol. The normalized spacial score (nSPS) is 12.2. The molecule has 0 bridgehead atoms. The first kappa shape index (κ1) is 16.2. The number of sulfonamides is 2. The van der Waals surface area contributed by atoms with Crippen molar-refractivity contribution in [2.75, 3.05) is 32.1 Å². The average Bonchev–Trinajstić information content (AvgIpc) is 2.12. The van der Waals surface area contributed by atoms with Gasteiger partial charge in [-0.25, -0.2) is 26.8 Å². The number of hydrogen-bond acceptors (Lipinski definition) is 6. The first-order valence-electron chi connectivity index (χ1n) is 4.95.